The van der Waals surface area contributed by atoms with E-state index in [4.69, 9.17) is 5.26 Å². The molecule has 1 saturated carbocycles. The fourth-order valence-corrected chi connectivity index (χ4v) is 3.69. The van der Waals surface area contributed by atoms with E-state index in [1.54, 1.807) is 0 Å². The molecule has 0 radical (unpaired) electrons. The van der Waals surface area contributed by atoms with Gasteiger partial charge in [-0.05, 0) is 18.8 Å². The van der Waals surface area contributed by atoms with E-state index in [1.165, 1.54) is 0 Å². The molecular weight excluding hydrogens is 212 g/mol. The molecule has 4 nitrogen and oxygen atoms in total. The highest BCUT2D eigenvalue weighted by atomic mass is 32.2. The van der Waals surface area contributed by atoms with Crippen LogP contribution in [0.5, 0.6) is 0 Å². The van der Waals surface area contributed by atoms with Crippen LogP contribution >= 0.6 is 0 Å². The van der Waals surface area contributed by atoms with E-state index in [1.807, 2.05) is 13.8 Å². The molecule has 2 atom stereocenters. The van der Waals surface area contributed by atoms with Crippen molar-refractivity contribution in [2.24, 2.45) is 11.8 Å². The van der Waals surface area contributed by atoms with Crippen molar-refractivity contribution in [2.45, 2.75) is 39.2 Å². The molecule has 0 saturated heterocycles. The van der Waals surface area contributed by atoms with E-state index in [9.17, 15) is 8.42 Å². The number of nitrogens with one attached hydrogen (secondary N) is 1. The molecule has 86 valence electrons. The van der Waals surface area contributed by atoms with Crippen LogP contribution in [0.3, 0.4) is 0 Å². The van der Waals surface area contributed by atoms with Gasteiger partial charge in [-0.1, -0.05) is 20.3 Å². The van der Waals surface area contributed by atoms with Crippen molar-refractivity contribution in [1.29, 1.82) is 5.26 Å². The zero-order valence-electron chi connectivity index (χ0n) is 9.23. The molecule has 0 bridgehead atoms. The fraction of sp³-hybridized carbons (Fsp3) is 0.900. The lowest BCUT2D eigenvalue weighted by atomic mass is 10.1. The monoisotopic (exact) mass is 230 g/mol. The van der Waals surface area contributed by atoms with Gasteiger partial charge in [0.25, 0.3) is 0 Å². The number of hydrogen-bond donors (Lipinski definition) is 1. The molecule has 0 aromatic carbocycles. The fourth-order valence-electron chi connectivity index (χ4n) is 1.97. The Hall–Kier alpha value is -0.600. The van der Waals surface area contributed by atoms with Crippen molar-refractivity contribution in [3.63, 3.8) is 0 Å². The Morgan fingerprint density at radius 3 is 2.67 bits per heavy atom. The smallest absolute Gasteiger partial charge is 0.212 e. The summed E-state index contributed by atoms with van der Waals surface area (Å²) in [4.78, 5) is 0. The molecule has 0 amide bonds. The molecule has 0 aliphatic heterocycles. The second-order valence-corrected chi connectivity index (χ2v) is 6.36. The Balaban J connectivity index is 2.58. The topological polar surface area (TPSA) is 70.0 Å². The van der Waals surface area contributed by atoms with Gasteiger partial charge in [0.05, 0.1) is 17.7 Å². The Morgan fingerprint density at radius 2 is 2.13 bits per heavy atom. The van der Waals surface area contributed by atoms with E-state index in [0.717, 1.165) is 19.3 Å². The number of sulfonamides is 1. The van der Waals surface area contributed by atoms with Crippen molar-refractivity contribution in [1.82, 2.24) is 4.72 Å². The average Bonchev–Trinajstić information content (AvgIpc) is 2.48. The molecule has 0 aromatic rings. The third-order valence-electron chi connectivity index (χ3n) is 2.57. The largest absolute Gasteiger partial charge is 0.212 e. The van der Waals surface area contributed by atoms with Crippen molar-refractivity contribution in [2.75, 3.05) is 5.75 Å². The summed E-state index contributed by atoms with van der Waals surface area (Å²) in [5.74, 6) is 0.109. The summed E-state index contributed by atoms with van der Waals surface area (Å²) in [7, 11) is -3.21. The summed E-state index contributed by atoms with van der Waals surface area (Å²) in [6.07, 6.45) is 2.54. The lowest BCUT2D eigenvalue weighted by Gasteiger charge is -2.16. The Kier molecular flexibility index (Phi) is 4.12. The van der Waals surface area contributed by atoms with Crippen LogP contribution in [0.1, 0.15) is 33.1 Å². The third kappa shape index (κ3) is 3.80. The first-order chi connectivity index (χ1) is 6.94. The maximum atomic E-state index is 11.6. The third-order valence-corrected chi connectivity index (χ3v) is 4.33. The van der Waals surface area contributed by atoms with Crippen LogP contribution in [0.2, 0.25) is 0 Å². The van der Waals surface area contributed by atoms with Crippen LogP contribution < -0.4 is 4.72 Å². The van der Waals surface area contributed by atoms with Gasteiger partial charge in [0.2, 0.25) is 10.0 Å². The van der Waals surface area contributed by atoms with Gasteiger partial charge < -0.3 is 0 Å². The zero-order chi connectivity index (χ0) is 11.5. The molecule has 1 aliphatic rings. The molecule has 1 fully saturated rings. The molecule has 1 rings (SSSR count). The van der Waals surface area contributed by atoms with Crippen LogP contribution in [0.4, 0.5) is 0 Å². The molecule has 0 aromatic heterocycles. The standard InChI is InChI=1S/C10H18N2O2S/c1-8(2)7-15(13,14)12-10-5-3-4-9(10)6-11/h8-10,12H,3-5,7H2,1-2H3. The van der Waals surface area contributed by atoms with Gasteiger partial charge >= 0.3 is 0 Å². The predicted octanol–water partition coefficient (Wildman–Crippen LogP) is 1.25. The van der Waals surface area contributed by atoms with Gasteiger partial charge in [0.15, 0.2) is 0 Å². The highest BCUT2D eigenvalue weighted by molar-refractivity contribution is 7.89. The van der Waals surface area contributed by atoms with E-state index in [-0.39, 0.29) is 23.6 Å². The van der Waals surface area contributed by atoms with Gasteiger partial charge in [-0.2, -0.15) is 5.26 Å². The van der Waals surface area contributed by atoms with Gasteiger partial charge in [-0.25, -0.2) is 13.1 Å². The van der Waals surface area contributed by atoms with E-state index in [0.29, 0.717) is 0 Å². The summed E-state index contributed by atoms with van der Waals surface area (Å²) in [5.41, 5.74) is 0. The quantitative estimate of drug-likeness (QED) is 0.790. The highest BCUT2D eigenvalue weighted by Gasteiger charge is 2.30. The molecule has 2 unspecified atom stereocenters. The summed E-state index contributed by atoms with van der Waals surface area (Å²) in [6.45, 7) is 3.74. The van der Waals surface area contributed by atoms with Gasteiger partial charge in [0, 0.05) is 6.04 Å². The normalized spacial score (nSPS) is 26.8. The molecule has 1 N–H and O–H groups in total. The van der Waals surface area contributed by atoms with E-state index < -0.39 is 10.0 Å². The summed E-state index contributed by atoms with van der Waals surface area (Å²) in [5, 5.41) is 8.83. The van der Waals surface area contributed by atoms with Crippen molar-refractivity contribution < 1.29 is 8.42 Å². The summed E-state index contributed by atoms with van der Waals surface area (Å²) >= 11 is 0. The maximum absolute atomic E-state index is 11.6. The molecule has 15 heavy (non-hydrogen) atoms. The Bertz CT molecular complexity index is 343. The maximum Gasteiger partial charge on any atom is 0.212 e. The summed E-state index contributed by atoms with van der Waals surface area (Å²) in [6, 6.07) is 2.00. The number of rotatable bonds is 4. The van der Waals surface area contributed by atoms with Crippen LogP contribution in [0.25, 0.3) is 0 Å². The van der Waals surface area contributed by atoms with E-state index in [2.05, 4.69) is 10.8 Å². The molecule has 0 heterocycles. The summed E-state index contributed by atoms with van der Waals surface area (Å²) < 4.78 is 25.9. The average molecular weight is 230 g/mol. The number of nitriles is 1. The van der Waals surface area contributed by atoms with Crippen LogP contribution in [-0.4, -0.2) is 20.2 Å². The molecule has 1 aliphatic carbocycles. The first kappa shape index (κ1) is 12.5. The van der Waals surface area contributed by atoms with Gasteiger partial charge in [-0.15, -0.1) is 0 Å². The lowest BCUT2D eigenvalue weighted by molar-refractivity contribution is 0.509. The predicted molar refractivity (Wildman–Crippen MR) is 58.5 cm³/mol. The van der Waals surface area contributed by atoms with Crippen molar-refractivity contribution in [3.8, 4) is 6.07 Å². The van der Waals surface area contributed by atoms with Crippen LogP contribution in [0, 0.1) is 23.2 Å². The number of hydrogen-bond acceptors (Lipinski definition) is 3. The first-order valence-corrected chi connectivity index (χ1v) is 6.99. The molecule has 0 spiro atoms. The molecule has 5 heteroatoms. The van der Waals surface area contributed by atoms with E-state index >= 15 is 0 Å². The minimum Gasteiger partial charge on any atom is -0.212 e. The van der Waals surface area contributed by atoms with Crippen molar-refractivity contribution >= 4 is 10.0 Å². The highest BCUT2D eigenvalue weighted by Crippen LogP contribution is 2.25. The van der Waals surface area contributed by atoms with Crippen LogP contribution in [-0.2, 0) is 10.0 Å². The SMILES string of the molecule is CC(C)CS(=O)(=O)NC1CCCC1C#N. The van der Waals surface area contributed by atoms with Gasteiger partial charge in [0.1, 0.15) is 0 Å². The van der Waals surface area contributed by atoms with Crippen LogP contribution in [0.15, 0.2) is 0 Å². The minimum absolute atomic E-state index is 0.115. The Morgan fingerprint density at radius 1 is 1.47 bits per heavy atom. The molecular formula is C10H18N2O2S. The van der Waals surface area contributed by atoms with Crippen molar-refractivity contribution in [3.05, 3.63) is 0 Å². The first-order valence-electron chi connectivity index (χ1n) is 5.34. The zero-order valence-corrected chi connectivity index (χ0v) is 10.0. The minimum atomic E-state index is -3.21. The lowest BCUT2D eigenvalue weighted by Crippen LogP contribution is -2.39. The Labute approximate surface area is 91.7 Å². The number of nitrogens with zero attached hydrogens (tertiary/aromatic N) is 1. The second-order valence-electron chi connectivity index (χ2n) is 4.57. The van der Waals surface area contributed by atoms with Gasteiger partial charge in [-0.3, -0.25) is 0 Å². The second kappa shape index (κ2) is 4.95.